The third-order valence-electron chi connectivity index (χ3n) is 4.19. The largest absolute Gasteiger partial charge is 0.495 e. The Morgan fingerprint density at radius 1 is 0.931 bits per heavy atom. The lowest BCUT2D eigenvalue weighted by atomic mass is 10.2. The number of aromatic nitrogens is 1. The van der Waals surface area contributed by atoms with E-state index in [-0.39, 0.29) is 11.6 Å². The van der Waals surface area contributed by atoms with Crippen molar-refractivity contribution in [3.63, 3.8) is 0 Å². The van der Waals surface area contributed by atoms with Gasteiger partial charge in [-0.2, -0.15) is 0 Å². The molecule has 0 aliphatic heterocycles. The van der Waals surface area contributed by atoms with Crippen molar-refractivity contribution in [2.45, 2.75) is 6.92 Å². The summed E-state index contributed by atoms with van der Waals surface area (Å²) in [6, 6.07) is 15.8. The van der Waals surface area contributed by atoms with Crippen molar-refractivity contribution in [2.75, 3.05) is 24.9 Å². The maximum Gasteiger partial charge on any atom is 0.337 e. The second kappa shape index (κ2) is 8.88. The fourth-order valence-electron chi connectivity index (χ4n) is 2.71. The highest BCUT2D eigenvalue weighted by Crippen LogP contribution is 2.26. The molecule has 7 heteroatoms. The van der Waals surface area contributed by atoms with Gasteiger partial charge in [-0.1, -0.05) is 6.07 Å². The minimum atomic E-state index is -0.397. The summed E-state index contributed by atoms with van der Waals surface area (Å²) in [7, 11) is 2.89. The Labute approximate surface area is 168 Å². The number of amides is 1. The molecule has 0 radical (unpaired) electrons. The van der Waals surface area contributed by atoms with E-state index in [2.05, 4.69) is 20.4 Å². The van der Waals surface area contributed by atoms with Gasteiger partial charge in [-0.3, -0.25) is 9.78 Å². The van der Waals surface area contributed by atoms with Gasteiger partial charge in [0.15, 0.2) is 0 Å². The molecule has 0 spiro atoms. The lowest BCUT2D eigenvalue weighted by Gasteiger charge is -2.12. The first-order valence-electron chi connectivity index (χ1n) is 8.87. The highest BCUT2D eigenvalue weighted by molar-refractivity contribution is 6.04. The molecular formula is C22H21N3O4. The Hall–Kier alpha value is -3.87. The van der Waals surface area contributed by atoms with Crippen LogP contribution >= 0.6 is 0 Å². The number of aryl methyl sites for hydroxylation is 1. The van der Waals surface area contributed by atoms with E-state index in [1.165, 1.54) is 7.11 Å². The molecule has 148 valence electrons. The van der Waals surface area contributed by atoms with E-state index in [0.29, 0.717) is 22.7 Å². The number of hydrogen-bond donors (Lipinski definition) is 2. The van der Waals surface area contributed by atoms with Crippen LogP contribution in [0.25, 0.3) is 0 Å². The van der Waals surface area contributed by atoms with Gasteiger partial charge in [0, 0.05) is 17.6 Å². The van der Waals surface area contributed by atoms with Gasteiger partial charge in [0.05, 0.1) is 25.5 Å². The quantitative estimate of drug-likeness (QED) is 0.613. The van der Waals surface area contributed by atoms with Gasteiger partial charge >= 0.3 is 5.97 Å². The molecular weight excluding hydrogens is 370 g/mol. The van der Waals surface area contributed by atoms with Crippen LogP contribution < -0.4 is 15.4 Å². The highest BCUT2D eigenvalue weighted by Gasteiger charge is 2.12. The summed E-state index contributed by atoms with van der Waals surface area (Å²) in [5.74, 6) is -0.173. The number of nitrogens with zero attached hydrogens (tertiary/aromatic N) is 1. The van der Waals surface area contributed by atoms with Gasteiger partial charge in [-0.25, -0.2) is 4.79 Å². The monoisotopic (exact) mass is 391 g/mol. The molecule has 29 heavy (non-hydrogen) atoms. The Balaban J connectivity index is 1.74. The predicted octanol–water partition coefficient (Wildman–Crippen LogP) is 4.18. The molecule has 1 amide bonds. The summed E-state index contributed by atoms with van der Waals surface area (Å²) < 4.78 is 9.98. The molecule has 2 N–H and O–H groups in total. The van der Waals surface area contributed by atoms with Crippen molar-refractivity contribution in [3.05, 3.63) is 77.6 Å². The third kappa shape index (κ3) is 4.90. The van der Waals surface area contributed by atoms with Crippen LogP contribution in [0.5, 0.6) is 5.75 Å². The van der Waals surface area contributed by atoms with Crippen molar-refractivity contribution in [3.8, 4) is 5.75 Å². The zero-order valence-corrected chi connectivity index (χ0v) is 16.4. The number of carbonyl (C=O) groups excluding carboxylic acids is 2. The number of ether oxygens (including phenoxy) is 2. The molecule has 0 saturated heterocycles. The van der Waals surface area contributed by atoms with E-state index in [4.69, 9.17) is 4.74 Å². The maximum absolute atomic E-state index is 12.6. The molecule has 0 atom stereocenters. The summed E-state index contributed by atoms with van der Waals surface area (Å²) in [5.41, 5.74) is 3.74. The van der Waals surface area contributed by atoms with Crippen molar-refractivity contribution < 1.29 is 19.1 Å². The van der Waals surface area contributed by atoms with Crippen molar-refractivity contribution in [1.29, 1.82) is 0 Å². The van der Waals surface area contributed by atoms with Crippen molar-refractivity contribution in [2.24, 2.45) is 0 Å². The Bertz CT molecular complexity index is 1030. The van der Waals surface area contributed by atoms with Crippen LogP contribution in [0.3, 0.4) is 0 Å². The second-order valence-corrected chi connectivity index (χ2v) is 6.28. The first-order valence-corrected chi connectivity index (χ1v) is 8.87. The molecule has 0 saturated carbocycles. The van der Waals surface area contributed by atoms with Crippen molar-refractivity contribution >= 4 is 28.9 Å². The SMILES string of the molecule is COC(=O)c1ccc(Nc2ccnc(C(=O)Nc3cc(C)ccc3OC)c2)cc1. The van der Waals surface area contributed by atoms with Crippen LogP contribution in [0.2, 0.25) is 0 Å². The van der Waals surface area contributed by atoms with Gasteiger partial charge in [0.2, 0.25) is 0 Å². The second-order valence-electron chi connectivity index (χ2n) is 6.28. The number of anilines is 3. The molecule has 0 unspecified atom stereocenters. The van der Waals surface area contributed by atoms with Crippen LogP contribution in [0.1, 0.15) is 26.4 Å². The molecule has 2 aromatic carbocycles. The zero-order chi connectivity index (χ0) is 20.8. The van der Waals surface area contributed by atoms with E-state index < -0.39 is 5.97 Å². The number of hydrogen-bond acceptors (Lipinski definition) is 6. The number of methoxy groups -OCH3 is 2. The standard InChI is InChI=1S/C22H21N3O4/c1-14-4-9-20(28-2)18(12-14)25-21(26)19-13-17(10-11-23-19)24-16-7-5-15(6-8-16)22(27)29-3/h4-13H,1-3H3,(H,23,24)(H,25,26). The number of nitrogens with one attached hydrogen (secondary N) is 2. The topological polar surface area (TPSA) is 89.5 Å². The number of benzene rings is 2. The van der Waals surface area contributed by atoms with Crippen LogP contribution in [-0.4, -0.2) is 31.1 Å². The molecule has 7 nitrogen and oxygen atoms in total. The van der Waals surface area contributed by atoms with E-state index in [1.54, 1.807) is 55.8 Å². The van der Waals surface area contributed by atoms with E-state index in [0.717, 1.165) is 11.3 Å². The summed E-state index contributed by atoms with van der Waals surface area (Å²) in [4.78, 5) is 28.3. The lowest BCUT2D eigenvalue weighted by Crippen LogP contribution is -2.14. The Kier molecular flexibility index (Phi) is 6.09. The molecule has 0 aliphatic carbocycles. The Morgan fingerprint density at radius 2 is 1.69 bits per heavy atom. The van der Waals surface area contributed by atoms with E-state index in [1.807, 2.05) is 19.1 Å². The first-order chi connectivity index (χ1) is 14.0. The highest BCUT2D eigenvalue weighted by atomic mass is 16.5. The number of rotatable bonds is 6. The zero-order valence-electron chi connectivity index (χ0n) is 16.4. The number of carbonyl (C=O) groups is 2. The molecule has 0 fully saturated rings. The fraction of sp³-hybridized carbons (Fsp3) is 0.136. The lowest BCUT2D eigenvalue weighted by molar-refractivity contribution is 0.0600. The molecule has 3 rings (SSSR count). The van der Waals surface area contributed by atoms with E-state index in [9.17, 15) is 9.59 Å². The normalized spacial score (nSPS) is 10.2. The van der Waals surface area contributed by atoms with Gasteiger partial charge in [-0.15, -0.1) is 0 Å². The van der Waals surface area contributed by atoms with Crippen LogP contribution in [0.4, 0.5) is 17.1 Å². The summed E-state index contributed by atoms with van der Waals surface area (Å²) in [5, 5.41) is 6.01. The van der Waals surface area contributed by atoms with E-state index >= 15 is 0 Å². The first kappa shape index (κ1) is 19.9. The molecule has 0 bridgehead atoms. The summed E-state index contributed by atoms with van der Waals surface area (Å²) in [6.45, 7) is 1.93. The predicted molar refractivity (Wildman–Crippen MR) is 111 cm³/mol. The van der Waals surface area contributed by atoms with Crippen molar-refractivity contribution in [1.82, 2.24) is 4.98 Å². The molecule has 1 aromatic heterocycles. The van der Waals surface area contributed by atoms with Gasteiger partial charge in [0.25, 0.3) is 5.91 Å². The summed E-state index contributed by atoms with van der Waals surface area (Å²) >= 11 is 0. The number of esters is 1. The Morgan fingerprint density at radius 3 is 2.38 bits per heavy atom. The van der Waals surface area contributed by atoms with Gasteiger partial charge in [0.1, 0.15) is 11.4 Å². The minimum Gasteiger partial charge on any atom is -0.495 e. The smallest absolute Gasteiger partial charge is 0.337 e. The van der Waals surface area contributed by atoms with Crippen LogP contribution in [0, 0.1) is 6.92 Å². The van der Waals surface area contributed by atoms with Crippen LogP contribution in [0.15, 0.2) is 60.8 Å². The fourth-order valence-corrected chi connectivity index (χ4v) is 2.71. The molecule has 1 heterocycles. The summed E-state index contributed by atoms with van der Waals surface area (Å²) in [6.07, 6.45) is 1.55. The number of pyridine rings is 1. The maximum atomic E-state index is 12.6. The van der Waals surface area contributed by atoms with Crippen LogP contribution in [-0.2, 0) is 4.74 Å². The average molecular weight is 391 g/mol. The minimum absolute atomic E-state index is 0.254. The van der Waals surface area contributed by atoms with Gasteiger partial charge in [-0.05, 0) is 61.0 Å². The molecule has 3 aromatic rings. The molecule has 0 aliphatic rings. The van der Waals surface area contributed by atoms with Gasteiger partial charge < -0.3 is 20.1 Å². The average Bonchev–Trinajstić information content (AvgIpc) is 2.74. The third-order valence-corrected chi connectivity index (χ3v) is 4.19.